The van der Waals surface area contributed by atoms with Crippen molar-refractivity contribution in [2.45, 2.75) is 20.2 Å². The Bertz CT molecular complexity index is 797. The van der Waals surface area contributed by atoms with E-state index in [1.54, 1.807) is 18.2 Å². The van der Waals surface area contributed by atoms with Gasteiger partial charge in [-0.3, -0.25) is 4.79 Å². The molecular weight excluding hydrogens is 377 g/mol. The summed E-state index contributed by atoms with van der Waals surface area (Å²) < 4.78 is 51.6. The van der Waals surface area contributed by atoms with Crippen molar-refractivity contribution in [3.8, 4) is 17.2 Å². The van der Waals surface area contributed by atoms with Gasteiger partial charge in [0.05, 0.1) is 19.8 Å². The third kappa shape index (κ3) is 6.90. The second-order valence-electron chi connectivity index (χ2n) is 5.50. The number of halogens is 3. The van der Waals surface area contributed by atoms with Gasteiger partial charge in [-0.1, -0.05) is 6.07 Å². The van der Waals surface area contributed by atoms with Gasteiger partial charge in [-0.15, -0.1) is 13.2 Å². The van der Waals surface area contributed by atoms with Crippen molar-refractivity contribution in [3.63, 3.8) is 0 Å². The molecule has 0 aromatic heterocycles. The molecule has 0 heterocycles. The fourth-order valence-electron chi connectivity index (χ4n) is 2.32. The van der Waals surface area contributed by atoms with Gasteiger partial charge in [0.2, 0.25) is 5.91 Å². The van der Waals surface area contributed by atoms with Gasteiger partial charge in [-0.2, -0.15) is 0 Å². The van der Waals surface area contributed by atoms with E-state index in [1.807, 2.05) is 13.8 Å². The van der Waals surface area contributed by atoms with Gasteiger partial charge >= 0.3 is 6.36 Å². The van der Waals surface area contributed by atoms with Crippen LogP contribution in [0.1, 0.15) is 13.8 Å². The number of benzene rings is 2. The Labute approximate surface area is 160 Å². The van der Waals surface area contributed by atoms with Crippen molar-refractivity contribution in [3.05, 3.63) is 42.5 Å². The third-order valence-corrected chi connectivity index (χ3v) is 3.35. The third-order valence-electron chi connectivity index (χ3n) is 3.35. The Morgan fingerprint density at radius 2 is 1.68 bits per heavy atom. The summed E-state index contributed by atoms with van der Waals surface area (Å²) in [7, 11) is 0. The van der Waals surface area contributed by atoms with E-state index in [9.17, 15) is 18.0 Å². The highest BCUT2D eigenvalue weighted by molar-refractivity contribution is 5.94. The molecule has 6 nitrogen and oxygen atoms in total. The van der Waals surface area contributed by atoms with E-state index in [-0.39, 0.29) is 18.2 Å². The lowest BCUT2D eigenvalue weighted by molar-refractivity contribution is -0.274. The van der Waals surface area contributed by atoms with Crippen molar-refractivity contribution in [2.24, 2.45) is 0 Å². The van der Waals surface area contributed by atoms with Gasteiger partial charge < -0.3 is 24.8 Å². The maximum atomic E-state index is 12.3. The summed E-state index contributed by atoms with van der Waals surface area (Å²) in [6.45, 7) is 4.46. The van der Waals surface area contributed by atoms with Crippen LogP contribution in [0.15, 0.2) is 42.5 Å². The van der Waals surface area contributed by atoms with Crippen LogP contribution in [0.25, 0.3) is 0 Å². The zero-order valence-corrected chi connectivity index (χ0v) is 15.4. The Balaban J connectivity index is 1.95. The van der Waals surface area contributed by atoms with Crippen LogP contribution in [0, 0.1) is 0 Å². The zero-order valence-electron chi connectivity index (χ0n) is 15.4. The molecule has 0 spiro atoms. The molecule has 0 fully saturated rings. The minimum Gasteiger partial charge on any atom is -0.490 e. The molecular formula is C19H21F3N2O4. The molecule has 0 atom stereocenters. The summed E-state index contributed by atoms with van der Waals surface area (Å²) in [5, 5.41) is 5.43. The van der Waals surface area contributed by atoms with Crippen LogP contribution >= 0.6 is 0 Å². The van der Waals surface area contributed by atoms with Crippen molar-refractivity contribution in [1.82, 2.24) is 0 Å². The molecule has 0 aliphatic carbocycles. The first-order valence-corrected chi connectivity index (χ1v) is 8.60. The lowest BCUT2D eigenvalue weighted by Crippen LogP contribution is -2.22. The first-order chi connectivity index (χ1) is 13.3. The van der Waals surface area contributed by atoms with Crippen LogP contribution in [0.5, 0.6) is 17.2 Å². The van der Waals surface area contributed by atoms with E-state index >= 15 is 0 Å². The number of nitrogens with one attached hydrogen (secondary N) is 2. The van der Waals surface area contributed by atoms with Gasteiger partial charge in [0.25, 0.3) is 0 Å². The molecule has 0 bridgehead atoms. The molecule has 0 radical (unpaired) electrons. The van der Waals surface area contributed by atoms with E-state index in [0.29, 0.717) is 36.1 Å². The van der Waals surface area contributed by atoms with Gasteiger partial charge in [0.1, 0.15) is 5.75 Å². The zero-order chi connectivity index (χ0) is 20.6. The molecule has 2 aromatic rings. The summed E-state index contributed by atoms with van der Waals surface area (Å²) in [6, 6.07) is 10.3. The standard InChI is InChI=1S/C19H21F3N2O4/c1-3-26-16-9-8-14(11-17(16)27-4-2)24-18(25)12-23-13-6-5-7-15(10-13)28-19(20,21)22/h5-11,23H,3-4,12H2,1-2H3,(H,24,25). The number of hydrogen-bond acceptors (Lipinski definition) is 5. The largest absolute Gasteiger partial charge is 0.573 e. The minimum absolute atomic E-state index is 0.146. The summed E-state index contributed by atoms with van der Waals surface area (Å²) in [6.07, 6.45) is -4.78. The fourth-order valence-corrected chi connectivity index (χ4v) is 2.32. The Morgan fingerprint density at radius 3 is 2.36 bits per heavy atom. The van der Waals surface area contributed by atoms with Crippen LogP contribution in [-0.2, 0) is 4.79 Å². The monoisotopic (exact) mass is 398 g/mol. The van der Waals surface area contributed by atoms with E-state index in [2.05, 4.69) is 15.4 Å². The quantitative estimate of drug-likeness (QED) is 0.654. The van der Waals surface area contributed by atoms with E-state index in [4.69, 9.17) is 9.47 Å². The smallest absolute Gasteiger partial charge is 0.490 e. The molecule has 9 heteroatoms. The number of carbonyl (C=O) groups excluding carboxylic acids is 1. The normalized spacial score (nSPS) is 10.9. The predicted octanol–water partition coefficient (Wildman–Crippen LogP) is 4.43. The summed E-state index contributed by atoms with van der Waals surface area (Å²) in [5.74, 6) is 0.327. The molecule has 28 heavy (non-hydrogen) atoms. The van der Waals surface area contributed by atoms with Crippen LogP contribution in [0.4, 0.5) is 24.5 Å². The van der Waals surface area contributed by atoms with Crippen molar-refractivity contribution in [1.29, 1.82) is 0 Å². The molecule has 0 saturated heterocycles. The average molecular weight is 398 g/mol. The minimum atomic E-state index is -4.78. The molecule has 1 amide bonds. The number of alkyl halides is 3. The number of ether oxygens (including phenoxy) is 3. The number of rotatable bonds is 9. The SMILES string of the molecule is CCOc1ccc(NC(=O)CNc2cccc(OC(F)(F)F)c2)cc1OCC. The average Bonchev–Trinajstić information content (AvgIpc) is 2.61. The van der Waals surface area contributed by atoms with Crippen molar-refractivity contribution in [2.75, 3.05) is 30.4 Å². The Kier molecular flexibility index (Phi) is 7.36. The maximum absolute atomic E-state index is 12.3. The van der Waals surface area contributed by atoms with Gasteiger partial charge in [-0.05, 0) is 38.1 Å². The number of anilines is 2. The molecule has 152 valence electrons. The molecule has 0 aliphatic heterocycles. The highest BCUT2D eigenvalue weighted by atomic mass is 19.4. The lowest BCUT2D eigenvalue weighted by atomic mass is 10.2. The summed E-state index contributed by atoms with van der Waals surface area (Å²) in [4.78, 5) is 12.1. The Morgan fingerprint density at radius 1 is 0.964 bits per heavy atom. The van der Waals surface area contributed by atoms with E-state index in [1.165, 1.54) is 18.2 Å². The molecule has 2 rings (SSSR count). The van der Waals surface area contributed by atoms with Crippen molar-refractivity contribution >= 4 is 17.3 Å². The topological polar surface area (TPSA) is 68.8 Å². The molecule has 2 N–H and O–H groups in total. The second kappa shape index (κ2) is 9.72. The predicted molar refractivity (Wildman–Crippen MR) is 99.0 cm³/mol. The number of hydrogen-bond donors (Lipinski definition) is 2. The van der Waals surface area contributed by atoms with Gasteiger partial charge in [0, 0.05) is 23.5 Å². The second-order valence-corrected chi connectivity index (χ2v) is 5.50. The number of carbonyl (C=O) groups is 1. The molecule has 0 aliphatic rings. The molecule has 2 aromatic carbocycles. The number of amides is 1. The maximum Gasteiger partial charge on any atom is 0.573 e. The first kappa shape index (κ1) is 21.2. The fraction of sp³-hybridized carbons (Fsp3) is 0.316. The van der Waals surface area contributed by atoms with E-state index < -0.39 is 6.36 Å². The lowest BCUT2D eigenvalue weighted by Gasteiger charge is -2.14. The van der Waals surface area contributed by atoms with Crippen LogP contribution in [-0.4, -0.2) is 32.0 Å². The van der Waals surface area contributed by atoms with Crippen LogP contribution < -0.4 is 24.8 Å². The highest BCUT2D eigenvalue weighted by Gasteiger charge is 2.31. The van der Waals surface area contributed by atoms with E-state index in [0.717, 1.165) is 6.07 Å². The molecule has 0 saturated carbocycles. The highest BCUT2D eigenvalue weighted by Crippen LogP contribution is 2.30. The first-order valence-electron chi connectivity index (χ1n) is 8.60. The van der Waals surface area contributed by atoms with Gasteiger partial charge in [0.15, 0.2) is 11.5 Å². The Hall–Kier alpha value is -3.10. The molecule has 0 unspecified atom stereocenters. The van der Waals surface area contributed by atoms with Crippen molar-refractivity contribution < 1.29 is 32.2 Å². The van der Waals surface area contributed by atoms with Crippen LogP contribution in [0.3, 0.4) is 0 Å². The summed E-state index contributed by atoms with van der Waals surface area (Å²) in [5.41, 5.74) is 0.825. The summed E-state index contributed by atoms with van der Waals surface area (Å²) >= 11 is 0. The van der Waals surface area contributed by atoms with Crippen LogP contribution in [0.2, 0.25) is 0 Å². The van der Waals surface area contributed by atoms with Gasteiger partial charge in [-0.25, -0.2) is 0 Å².